The average molecular weight is 341 g/mol. The van der Waals surface area contributed by atoms with Crippen LogP contribution in [0.3, 0.4) is 0 Å². The molecule has 2 atom stereocenters. The lowest BCUT2D eigenvalue weighted by molar-refractivity contribution is 0.121. The monoisotopic (exact) mass is 340 g/mol. The molecule has 2 unspecified atom stereocenters. The maximum absolute atomic E-state index is 8.68. The Hall–Kier alpha value is -1.23. The fraction of sp³-hybridized carbons (Fsp3) is 0.533. The summed E-state index contributed by atoms with van der Waals surface area (Å²) < 4.78 is 6.93. The highest BCUT2D eigenvalue weighted by Crippen LogP contribution is 2.33. The lowest BCUT2D eigenvalue weighted by Gasteiger charge is -2.29. The molecule has 3 N–H and O–H groups in total. The second-order valence-corrected chi connectivity index (χ2v) is 6.17. The first kappa shape index (κ1) is 15.2. The van der Waals surface area contributed by atoms with Crippen LogP contribution in [0, 0.1) is 5.92 Å². The van der Waals surface area contributed by atoms with E-state index in [4.69, 9.17) is 15.7 Å². The Labute approximate surface area is 128 Å². The second-order valence-electron chi connectivity index (χ2n) is 5.31. The van der Waals surface area contributed by atoms with Crippen molar-refractivity contribution in [1.29, 1.82) is 0 Å². The molecule has 2 rings (SSSR count). The molecule has 1 aliphatic carbocycles. The number of amidine groups is 1. The minimum Gasteiger partial charge on any atom is -0.489 e. The van der Waals surface area contributed by atoms with Crippen molar-refractivity contribution in [3.05, 3.63) is 28.2 Å². The van der Waals surface area contributed by atoms with Gasteiger partial charge in [0.1, 0.15) is 5.75 Å². The Morgan fingerprint density at radius 1 is 1.50 bits per heavy atom. The van der Waals surface area contributed by atoms with E-state index in [9.17, 15) is 0 Å². The van der Waals surface area contributed by atoms with Crippen LogP contribution in [0.4, 0.5) is 0 Å². The summed E-state index contributed by atoms with van der Waals surface area (Å²) in [6.07, 6.45) is 6.32. The van der Waals surface area contributed by atoms with Gasteiger partial charge in [-0.05, 0) is 59.3 Å². The molecule has 0 saturated heterocycles. The molecule has 0 spiro atoms. The van der Waals surface area contributed by atoms with E-state index in [0.717, 1.165) is 29.0 Å². The van der Waals surface area contributed by atoms with E-state index in [-0.39, 0.29) is 5.84 Å². The van der Waals surface area contributed by atoms with E-state index in [0.29, 0.717) is 11.7 Å². The van der Waals surface area contributed by atoms with Crippen molar-refractivity contribution in [1.82, 2.24) is 0 Å². The molecule has 0 aliphatic heterocycles. The first-order chi connectivity index (χ1) is 9.63. The Balaban J connectivity index is 2.06. The number of nitrogens with zero attached hydrogens (tertiary/aromatic N) is 1. The Kier molecular flexibility index (Phi) is 5.29. The van der Waals surface area contributed by atoms with Gasteiger partial charge in [0, 0.05) is 5.56 Å². The number of ether oxygens (including phenoxy) is 1. The summed E-state index contributed by atoms with van der Waals surface area (Å²) in [5, 5.41) is 11.7. The van der Waals surface area contributed by atoms with Crippen LogP contribution in [0.15, 0.2) is 27.8 Å². The first-order valence-electron chi connectivity index (χ1n) is 7.08. The van der Waals surface area contributed by atoms with Crippen LogP contribution < -0.4 is 10.5 Å². The third-order valence-corrected chi connectivity index (χ3v) is 4.56. The van der Waals surface area contributed by atoms with E-state index in [1.54, 1.807) is 6.07 Å². The molecule has 20 heavy (non-hydrogen) atoms. The van der Waals surface area contributed by atoms with Gasteiger partial charge in [0.15, 0.2) is 5.84 Å². The van der Waals surface area contributed by atoms with Crippen LogP contribution in [-0.2, 0) is 0 Å². The van der Waals surface area contributed by atoms with Crippen LogP contribution in [0.5, 0.6) is 5.75 Å². The summed E-state index contributed by atoms with van der Waals surface area (Å²) in [7, 11) is 0. The summed E-state index contributed by atoms with van der Waals surface area (Å²) in [6.45, 7) is 2.24. The van der Waals surface area contributed by atoms with Gasteiger partial charge >= 0.3 is 0 Å². The van der Waals surface area contributed by atoms with E-state index >= 15 is 0 Å². The van der Waals surface area contributed by atoms with Crippen LogP contribution in [0.2, 0.25) is 0 Å². The van der Waals surface area contributed by atoms with E-state index in [2.05, 4.69) is 28.0 Å². The summed E-state index contributed by atoms with van der Waals surface area (Å²) in [5.41, 5.74) is 6.24. The van der Waals surface area contributed by atoms with Crippen molar-refractivity contribution < 1.29 is 9.94 Å². The predicted molar refractivity (Wildman–Crippen MR) is 83.3 cm³/mol. The zero-order valence-corrected chi connectivity index (χ0v) is 13.3. The molecule has 0 bridgehead atoms. The summed E-state index contributed by atoms with van der Waals surface area (Å²) in [6, 6.07) is 5.48. The Morgan fingerprint density at radius 2 is 2.30 bits per heavy atom. The molecule has 1 saturated carbocycles. The topological polar surface area (TPSA) is 67.8 Å². The van der Waals surface area contributed by atoms with Crippen molar-refractivity contribution in [3.63, 3.8) is 0 Å². The van der Waals surface area contributed by atoms with Gasteiger partial charge in [-0.3, -0.25) is 0 Å². The number of oxime groups is 1. The molecule has 4 nitrogen and oxygen atoms in total. The fourth-order valence-corrected chi connectivity index (χ4v) is 3.18. The first-order valence-corrected chi connectivity index (χ1v) is 7.87. The number of hydrogen-bond acceptors (Lipinski definition) is 3. The van der Waals surface area contributed by atoms with Gasteiger partial charge in [0.2, 0.25) is 0 Å². The molecule has 0 radical (unpaired) electrons. The van der Waals surface area contributed by atoms with Crippen molar-refractivity contribution in [2.45, 2.75) is 45.1 Å². The number of rotatable bonds is 4. The van der Waals surface area contributed by atoms with Gasteiger partial charge in [0.25, 0.3) is 0 Å². The fourth-order valence-electron chi connectivity index (χ4n) is 2.71. The van der Waals surface area contributed by atoms with E-state index in [1.165, 1.54) is 19.3 Å². The molecule has 0 heterocycles. The highest BCUT2D eigenvalue weighted by Gasteiger charge is 2.22. The molecule has 0 aromatic heterocycles. The van der Waals surface area contributed by atoms with Gasteiger partial charge in [0.05, 0.1) is 10.6 Å². The summed E-state index contributed by atoms with van der Waals surface area (Å²) >= 11 is 3.49. The molecule has 1 fully saturated rings. The SMILES string of the molecule is CCC1CCCC(Oc2ccc(/C(N)=N/O)cc2Br)C1. The number of nitrogens with two attached hydrogens (primary N) is 1. The van der Waals surface area contributed by atoms with Crippen LogP contribution in [0.1, 0.15) is 44.6 Å². The third kappa shape index (κ3) is 3.66. The van der Waals surface area contributed by atoms with E-state index in [1.807, 2.05) is 12.1 Å². The van der Waals surface area contributed by atoms with Gasteiger partial charge in [-0.1, -0.05) is 24.9 Å². The average Bonchev–Trinajstić information content (AvgIpc) is 2.48. The van der Waals surface area contributed by atoms with Crippen LogP contribution >= 0.6 is 15.9 Å². The standard InChI is InChI=1S/C15H21BrN2O2/c1-2-10-4-3-5-12(8-10)20-14-7-6-11(9-13(14)16)15(17)18-19/h6-7,9-10,12,19H,2-5,8H2,1H3,(H2,17,18). The number of benzene rings is 1. The number of hydrogen-bond donors (Lipinski definition) is 2. The summed E-state index contributed by atoms with van der Waals surface area (Å²) in [4.78, 5) is 0. The zero-order chi connectivity index (χ0) is 14.5. The van der Waals surface area contributed by atoms with Crippen molar-refractivity contribution in [3.8, 4) is 5.75 Å². The van der Waals surface area contributed by atoms with Gasteiger partial charge in [-0.2, -0.15) is 0 Å². The van der Waals surface area contributed by atoms with Crippen molar-refractivity contribution >= 4 is 21.8 Å². The summed E-state index contributed by atoms with van der Waals surface area (Å²) in [5.74, 6) is 1.70. The van der Waals surface area contributed by atoms with Gasteiger partial charge < -0.3 is 15.7 Å². The van der Waals surface area contributed by atoms with Crippen molar-refractivity contribution in [2.75, 3.05) is 0 Å². The maximum Gasteiger partial charge on any atom is 0.170 e. The van der Waals surface area contributed by atoms with Crippen LogP contribution in [0.25, 0.3) is 0 Å². The predicted octanol–water partition coefficient (Wildman–Crippen LogP) is 3.89. The molecular formula is C15H21BrN2O2. The lowest BCUT2D eigenvalue weighted by atomic mass is 9.85. The second kappa shape index (κ2) is 6.97. The molecule has 5 heteroatoms. The quantitative estimate of drug-likeness (QED) is 0.378. The lowest BCUT2D eigenvalue weighted by Crippen LogP contribution is -2.25. The smallest absolute Gasteiger partial charge is 0.170 e. The molecule has 110 valence electrons. The molecule has 1 aromatic rings. The minimum absolute atomic E-state index is 0.0981. The van der Waals surface area contributed by atoms with Gasteiger partial charge in [-0.25, -0.2) is 0 Å². The van der Waals surface area contributed by atoms with Crippen LogP contribution in [-0.4, -0.2) is 17.1 Å². The minimum atomic E-state index is 0.0981. The molecular weight excluding hydrogens is 320 g/mol. The Morgan fingerprint density at radius 3 is 2.95 bits per heavy atom. The van der Waals surface area contributed by atoms with E-state index < -0.39 is 0 Å². The highest BCUT2D eigenvalue weighted by molar-refractivity contribution is 9.10. The Bertz CT molecular complexity index is 491. The highest BCUT2D eigenvalue weighted by atomic mass is 79.9. The zero-order valence-electron chi connectivity index (χ0n) is 11.7. The van der Waals surface area contributed by atoms with Gasteiger partial charge in [-0.15, -0.1) is 0 Å². The molecule has 0 amide bonds. The largest absolute Gasteiger partial charge is 0.489 e. The number of halogens is 1. The molecule has 1 aliphatic rings. The molecule has 1 aromatic carbocycles. The normalized spacial score (nSPS) is 23.6. The maximum atomic E-state index is 8.68. The third-order valence-electron chi connectivity index (χ3n) is 3.94. The van der Waals surface area contributed by atoms with Crippen molar-refractivity contribution in [2.24, 2.45) is 16.8 Å².